The van der Waals surface area contributed by atoms with Crippen molar-refractivity contribution in [3.8, 4) is 44.5 Å². The SMILES string of the molecule is c1ccc(C2(c3ccccc3)c3ccccc3-c3c(N(c4ccc(-c5cccc(-c6cccc7ccccc67)c5)cc4)c4ccccc4-c4cccc5c4oc4cc6ccccc6cc45)cccc32)cc1. The van der Waals surface area contributed by atoms with Gasteiger partial charge in [0.2, 0.25) is 0 Å². The molecule has 1 aliphatic rings. The van der Waals surface area contributed by atoms with E-state index in [0.717, 1.165) is 61.1 Å². The Labute approximate surface area is 413 Å². The van der Waals surface area contributed by atoms with Gasteiger partial charge in [-0.15, -0.1) is 0 Å². The Morgan fingerprint density at radius 2 is 0.859 bits per heavy atom. The van der Waals surface area contributed by atoms with Gasteiger partial charge in [0, 0.05) is 33.2 Å². The number of para-hydroxylation sites is 2. The van der Waals surface area contributed by atoms with Crippen molar-refractivity contribution in [3.05, 3.63) is 295 Å². The molecule has 0 spiro atoms. The van der Waals surface area contributed by atoms with Crippen LogP contribution in [0.5, 0.6) is 0 Å². The number of hydrogen-bond donors (Lipinski definition) is 0. The van der Waals surface area contributed by atoms with Crippen molar-refractivity contribution in [2.24, 2.45) is 0 Å². The molecule has 14 rings (SSSR count). The first-order chi connectivity index (χ1) is 35.2. The van der Waals surface area contributed by atoms with Gasteiger partial charge in [-0.25, -0.2) is 0 Å². The monoisotopic (exact) mass is 903 g/mol. The zero-order valence-electron chi connectivity index (χ0n) is 38.8. The van der Waals surface area contributed by atoms with E-state index in [2.05, 4.69) is 278 Å². The third-order valence-corrected chi connectivity index (χ3v) is 14.9. The highest BCUT2D eigenvalue weighted by Gasteiger charge is 2.47. The smallest absolute Gasteiger partial charge is 0.143 e. The molecule has 2 nitrogen and oxygen atoms in total. The molecule has 332 valence electrons. The van der Waals surface area contributed by atoms with Crippen molar-refractivity contribution in [2.45, 2.75) is 5.41 Å². The lowest BCUT2D eigenvalue weighted by molar-refractivity contribution is 0.670. The molecular weight excluding hydrogens is 859 g/mol. The molecule has 1 aromatic heterocycles. The van der Waals surface area contributed by atoms with E-state index >= 15 is 0 Å². The van der Waals surface area contributed by atoms with Crippen LogP contribution in [0.25, 0.3) is 88.0 Å². The van der Waals surface area contributed by atoms with Gasteiger partial charge in [-0.3, -0.25) is 0 Å². The standard InChI is InChI=1S/C69H45NO/c1-3-25-52(26-4-1)69(53-27-5-2-6-28-53)62-35-13-11-31-60(62)67-63(69)36-18-38-65(67)70(54-41-39-46(40-42-54)48-23-15-24-51(43-48)56-32-16-22-47-19-9-10-29-55(47)56)64-37-14-12-30-57(64)58-33-17-34-59-61-44-49-20-7-8-21-50(49)45-66(61)71-68(58)59/h1-45H. The fourth-order valence-electron chi connectivity index (χ4n) is 11.8. The van der Waals surface area contributed by atoms with Gasteiger partial charge in [0.15, 0.2) is 0 Å². The Bertz CT molecular complexity index is 4120. The molecule has 13 aromatic rings. The molecular formula is C69H45NO. The van der Waals surface area contributed by atoms with Crippen LogP contribution < -0.4 is 4.90 Å². The van der Waals surface area contributed by atoms with Crippen molar-refractivity contribution >= 4 is 60.5 Å². The maximum absolute atomic E-state index is 6.95. The van der Waals surface area contributed by atoms with Crippen LogP contribution in [0.15, 0.2) is 277 Å². The maximum Gasteiger partial charge on any atom is 0.143 e. The summed E-state index contributed by atoms with van der Waals surface area (Å²) in [5.41, 5.74) is 18.7. The Hall–Kier alpha value is -9.24. The lowest BCUT2D eigenvalue weighted by Gasteiger charge is -2.34. The molecule has 0 atom stereocenters. The molecule has 71 heavy (non-hydrogen) atoms. The first-order valence-corrected chi connectivity index (χ1v) is 24.5. The van der Waals surface area contributed by atoms with Gasteiger partial charge in [0.1, 0.15) is 11.2 Å². The summed E-state index contributed by atoms with van der Waals surface area (Å²) in [5.74, 6) is 0. The predicted molar refractivity (Wildman–Crippen MR) is 297 cm³/mol. The highest BCUT2D eigenvalue weighted by molar-refractivity contribution is 6.14. The van der Waals surface area contributed by atoms with Gasteiger partial charge in [0.05, 0.1) is 16.8 Å². The van der Waals surface area contributed by atoms with Crippen molar-refractivity contribution < 1.29 is 4.42 Å². The molecule has 0 bridgehead atoms. The molecule has 1 heterocycles. The van der Waals surface area contributed by atoms with Crippen LogP contribution in [-0.2, 0) is 5.41 Å². The quantitative estimate of drug-likeness (QED) is 0.151. The topological polar surface area (TPSA) is 16.4 Å². The Morgan fingerprint density at radius 3 is 1.66 bits per heavy atom. The number of hydrogen-bond acceptors (Lipinski definition) is 2. The summed E-state index contributed by atoms with van der Waals surface area (Å²) in [6.07, 6.45) is 0. The van der Waals surface area contributed by atoms with E-state index in [4.69, 9.17) is 4.42 Å². The second-order valence-electron chi connectivity index (χ2n) is 18.7. The van der Waals surface area contributed by atoms with E-state index in [1.807, 2.05) is 0 Å². The summed E-state index contributed by atoms with van der Waals surface area (Å²) in [5, 5.41) is 7.07. The lowest BCUT2D eigenvalue weighted by Crippen LogP contribution is -2.28. The van der Waals surface area contributed by atoms with E-state index in [1.54, 1.807) is 0 Å². The molecule has 0 saturated heterocycles. The maximum atomic E-state index is 6.95. The fourth-order valence-corrected chi connectivity index (χ4v) is 11.8. The Balaban J connectivity index is 0.997. The van der Waals surface area contributed by atoms with E-state index in [1.165, 1.54) is 66.2 Å². The summed E-state index contributed by atoms with van der Waals surface area (Å²) in [7, 11) is 0. The molecule has 12 aromatic carbocycles. The minimum Gasteiger partial charge on any atom is -0.455 e. The average Bonchev–Trinajstić information content (AvgIpc) is 3.97. The molecule has 0 saturated carbocycles. The number of rotatable bonds is 8. The first kappa shape index (κ1) is 40.8. The summed E-state index contributed by atoms with van der Waals surface area (Å²) < 4.78 is 6.95. The third-order valence-electron chi connectivity index (χ3n) is 14.9. The molecule has 0 N–H and O–H groups in total. The number of furan rings is 1. The Kier molecular flexibility index (Phi) is 9.47. The van der Waals surface area contributed by atoms with E-state index in [-0.39, 0.29) is 0 Å². The van der Waals surface area contributed by atoms with Crippen LogP contribution in [0.4, 0.5) is 17.1 Å². The van der Waals surface area contributed by atoms with Gasteiger partial charge in [-0.1, -0.05) is 231 Å². The van der Waals surface area contributed by atoms with E-state index in [9.17, 15) is 0 Å². The molecule has 0 unspecified atom stereocenters. The van der Waals surface area contributed by atoms with Crippen molar-refractivity contribution in [1.29, 1.82) is 0 Å². The third kappa shape index (κ3) is 6.42. The molecule has 0 aliphatic heterocycles. The van der Waals surface area contributed by atoms with Crippen molar-refractivity contribution in [2.75, 3.05) is 4.90 Å². The minimum atomic E-state index is -0.558. The normalized spacial score (nSPS) is 12.6. The van der Waals surface area contributed by atoms with E-state index < -0.39 is 5.41 Å². The van der Waals surface area contributed by atoms with Gasteiger partial charge in [-0.05, 0) is 114 Å². The fraction of sp³-hybridized carbons (Fsp3) is 0.0145. The van der Waals surface area contributed by atoms with Gasteiger partial charge in [-0.2, -0.15) is 0 Å². The summed E-state index contributed by atoms with van der Waals surface area (Å²) in [6, 6.07) is 99.8. The lowest BCUT2D eigenvalue weighted by atomic mass is 9.68. The molecule has 0 fully saturated rings. The van der Waals surface area contributed by atoms with E-state index in [0.29, 0.717) is 0 Å². The first-order valence-electron chi connectivity index (χ1n) is 24.5. The highest BCUT2D eigenvalue weighted by atomic mass is 16.3. The summed E-state index contributed by atoms with van der Waals surface area (Å²) in [6.45, 7) is 0. The van der Waals surface area contributed by atoms with Crippen molar-refractivity contribution in [1.82, 2.24) is 0 Å². The zero-order chi connectivity index (χ0) is 46.9. The molecule has 0 amide bonds. The van der Waals surface area contributed by atoms with Crippen LogP contribution in [0.3, 0.4) is 0 Å². The number of nitrogens with zero attached hydrogens (tertiary/aromatic N) is 1. The average molecular weight is 904 g/mol. The van der Waals surface area contributed by atoms with Crippen LogP contribution in [0, 0.1) is 0 Å². The number of fused-ring (bicyclic) bond motifs is 8. The summed E-state index contributed by atoms with van der Waals surface area (Å²) in [4.78, 5) is 2.49. The molecule has 0 radical (unpaired) electrons. The van der Waals surface area contributed by atoms with Crippen LogP contribution in [0.1, 0.15) is 22.3 Å². The second-order valence-corrected chi connectivity index (χ2v) is 18.7. The predicted octanol–water partition coefficient (Wildman–Crippen LogP) is 18.7. The number of benzene rings is 12. The van der Waals surface area contributed by atoms with Gasteiger partial charge in [0.25, 0.3) is 0 Å². The largest absolute Gasteiger partial charge is 0.455 e. The zero-order valence-corrected chi connectivity index (χ0v) is 38.8. The van der Waals surface area contributed by atoms with Crippen LogP contribution in [0.2, 0.25) is 0 Å². The molecule has 2 heteroatoms. The highest BCUT2D eigenvalue weighted by Crippen LogP contribution is 2.60. The second kappa shape index (κ2) is 16.5. The number of anilines is 3. The van der Waals surface area contributed by atoms with Gasteiger partial charge >= 0.3 is 0 Å². The summed E-state index contributed by atoms with van der Waals surface area (Å²) >= 11 is 0. The van der Waals surface area contributed by atoms with Crippen molar-refractivity contribution in [3.63, 3.8) is 0 Å². The Morgan fingerprint density at radius 1 is 0.310 bits per heavy atom. The van der Waals surface area contributed by atoms with Gasteiger partial charge < -0.3 is 9.32 Å². The van der Waals surface area contributed by atoms with Crippen LogP contribution in [-0.4, -0.2) is 0 Å². The van der Waals surface area contributed by atoms with Crippen LogP contribution >= 0.6 is 0 Å². The molecule has 1 aliphatic carbocycles. The minimum absolute atomic E-state index is 0.558.